The fourth-order valence-corrected chi connectivity index (χ4v) is 3.36. The van der Waals surface area contributed by atoms with Crippen molar-refractivity contribution in [1.29, 1.82) is 0 Å². The Morgan fingerprint density at radius 1 is 1.11 bits per heavy atom. The highest BCUT2D eigenvalue weighted by Crippen LogP contribution is 2.36. The second-order valence-corrected chi connectivity index (χ2v) is 13.1. The van der Waals surface area contributed by atoms with Gasteiger partial charge >= 0.3 is 0 Å². The van der Waals surface area contributed by atoms with Crippen molar-refractivity contribution in [1.82, 2.24) is 15.3 Å². The van der Waals surface area contributed by atoms with E-state index in [4.69, 9.17) is 4.43 Å². The van der Waals surface area contributed by atoms with Crippen molar-refractivity contribution in [3.63, 3.8) is 0 Å². The number of benzene rings is 1. The maximum absolute atomic E-state index is 12.3. The van der Waals surface area contributed by atoms with E-state index in [-0.39, 0.29) is 10.9 Å². The zero-order chi connectivity index (χ0) is 20.6. The molecule has 1 aromatic carbocycles. The largest absolute Gasteiger partial charge is 0.415 e. The molecule has 1 heterocycles. The van der Waals surface area contributed by atoms with Crippen LogP contribution in [-0.4, -0.2) is 43.9 Å². The molecule has 0 fully saturated rings. The first-order chi connectivity index (χ1) is 13.2. The molecule has 2 N–H and O–H groups in total. The molecule has 0 aliphatic heterocycles. The lowest BCUT2D eigenvalue weighted by Crippen LogP contribution is -2.42. The molecule has 0 saturated heterocycles. The van der Waals surface area contributed by atoms with Crippen molar-refractivity contribution >= 4 is 20.2 Å². The van der Waals surface area contributed by atoms with Gasteiger partial charge in [-0.2, -0.15) is 0 Å². The van der Waals surface area contributed by atoms with Crippen LogP contribution in [0.2, 0.25) is 18.1 Å². The lowest BCUT2D eigenvalue weighted by atomic mass is 10.1. The standard InChI is InChI=1S/C21H32N4O2Si/c1-21(2,3)28(4,5)27-16-15-22-19(26)18-12-14-24-20(25-18)23-13-11-17-9-7-6-8-10-17/h6-10,12,14H,11,13,15-16H2,1-5H3,(H,22,26)(H,23,24,25). The maximum Gasteiger partial charge on any atom is 0.270 e. The molecule has 6 nitrogen and oxygen atoms in total. The first-order valence-electron chi connectivity index (χ1n) is 9.72. The van der Waals surface area contributed by atoms with E-state index in [0.717, 1.165) is 6.42 Å². The third-order valence-electron chi connectivity index (χ3n) is 5.08. The van der Waals surface area contributed by atoms with Gasteiger partial charge in [-0.1, -0.05) is 51.1 Å². The second kappa shape index (κ2) is 9.79. The Labute approximate surface area is 169 Å². The van der Waals surface area contributed by atoms with Gasteiger partial charge in [0.25, 0.3) is 5.91 Å². The lowest BCUT2D eigenvalue weighted by Gasteiger charge is -2.36. The van der Waals surface area contributed by atoms with Crippen molar-refractivity contribution in [2.75, 3.05) is 25.0 Å². The number of amides is 1. The molecule has 0 bridgehead atoms. The Bertz CT molecular complexity index is 761. The van der Waals surface area contributed by atoms with Crippen LogP contribution in [0.4, 0.5) is 5.95 Å². The number of carbonyl (C=O) groups excluding carboxylic acids is 1. The molecule has 0 radical (unpaired) electrons. The number of hydrogen-bond acceptors (Lipinski definition) is 5. The molecule has 0 spiro atoms. The van der Waals surface area contributed by atoms with Gasteiger partial charge in [-0.3, -0.25) is 4.79 Å². The lowest BCUT2D eigenvalue weighted by molar-refractivity contribution is 0.0940. The molecule has 0 atom stereocenters. The molecule has 0 aliphatic carbocycles. The number of anilines is 1. The molecule has 152 valence electrons. The molecule has 28 heavy (non-hydrogen) atoms. The molecule has 1 aromatic heterocycles. The van der Waals surface area contributed by atoms with Gasteiger partial charge in [0.05, 0.1) is 6.61 Å². The molecule has 7 heteroatoms. The number of nitrogens with zero attached hydrogens (tertiary/aromatic N) is 2. The van der Waals surface area contributed by atoms with Crippen LogP contribution >= 0.6 is 0 Å². The van der Waals surface area contributed by atoms with Crippen LogP contribution in [0, 0.1) is 0 Å². The molecule has 2 aromatic rings. The van der Waals surface area contributed by atoms with Crippen molar-refractivity contribution in [3.8, 4) is 0 Å². The average molecular weight is 401 g/mol. The van der Waals surface area contributed by atoms with Crippen LogP contribution in [0.1, 0.15) is 36.8 Å². The van der Waals surface area contributed by atoms with E-state index in [2.05, 4.69) is 66.6 Å². The normalized spacial score (nSPS) is 11.9. The molecule has 2 rings (SSSR count). The van der Waals surface area contributed by atoms with Crippen LogP contribution in [-0.2, 0) is 10.8 Å². The van der Waals surface area contributed by atoms with E-state index < -0.39 is 8.32 Å². The molecule has 0 unspecified atom stereocenters. The van der Waals surface area contributed by atoms with Crippen molar-refractivity contribution in [2.45, 2.75) is 45.3 Å². The average Bonchev–Trinajstić information content (AvgIpc) is 2.65. The number of hydrogen-bond donors (Lipinski definition) is 2. The summed E-state index contributed by atoms with van der Waals surface area (Å²) in [6.45, 7) is 12.7. The van der Waals surface area contributed by atoms with E-state index in [9.17, 15) is 4.79 Å². The third kappa shape index (κ3) is 6.72. The summed E-state index contributed by atoms with van der Waals surface area (Å²) in [5.41, 5.74) is 1.59. The van der Waals surface area contributed by atoms with Gasteiger partial charge in [-0.05, 0) is 36.2 Å². The predicted octanol–water partition coefficient (Wildman–Crippen LogP) is 3.88. The number of rotatable bonds is 9. The third-order valence-corrected chi connectivity index (χ3v) is 9.62. The molecule has 0 saturated carbocycles. The Hall–Kier alpha value is -2.25. The van der Waals surface area contributed by atoms with Crippen LogP contribution in [0.3, 0.4) is 0 Å². The topological polar surface area (TPSA) is 76.1 Å². The second-order valence-electron chi connectivity index (χ2n) is 8.29. The quantitative estimate of drug-likeness (QED) is 0.493. The van der Waals surface area contributed by atoms with Gasteiger partial charge in [-0.25, -0.2) is 9.97 Å². The predicted molar refractivity (Wildman–Crippen MR) is 116 cm³/mol. The minimum absolute atomic E-state index is 0.157. The number of nitrogens with one attached hydrogen (secondary N) is 2. The summed E-state index contributed by atoms with van der Waals surface area (Å²) < 4.78 is 6.08. The minimum Gasteiger partial charge on any atom is -0.415 e. The zero-order valence-corrected chi connectivity index (χ0v) is 18.6. The van der Waals surface area contributed by atoms with Crippen LogP contribution < -0.4 is 10.6 Å². The summed E-state index contributed by atoms with van der Waals surface area (Å²) in [6.07, 6.45) is 2.46. The van der Waals surface area contributed by atoms with Crippen molar-refractivity contribution < 1.29 is 9.22 Å². The smallest absolute Gasteiger partial charge is 0.270 e. The van der Waals surface area contributed by atoms with Gasteiger partial charge in [-0.15, -0.1) is 0 Å². The fraction of sp³-hybridized carbons (Fsp3) is 0.476. The van der Waals surface area contributed by atoms with Crippen molar-refractivity contribution in [2.24, 2.45) is 0 Å². The van der Waals surface area contributed by atoms with Crippen LogP contribution in [0.25, 0.3) is 0 Å². The van der Waals surface area contributed by atoms with E-state index in [0.29, 0.717) is 31.3 Å². The minimum atomic E-state index is -1.80. The Balaban J connectivity index is 1.78. The Kier molecular flexibility index (Phi) is 7.71. The molecule has 0 aliphatic rings. The highest BCUT2D eigenvalue weighted by atomic mass is 28.4. The summed E-state index contributed by atoms with van der Waals surface area (Å²) in [5.74, 6) is 0.244. The van der Waals surface area contributed by atoms with Gasteiger partial charge in [0.1, 0.15) is 5.69 Å². The van der Waals surface area contributed by atoms with E-state index in [1.165, 1.54) is 5.56 Å². The highest BCUT2D eigenvalue weighted by Gasteiger charge is 2.36. The molecular formula is C21H32N4O2Si. The fourth-order valence-electron chi connectivity index (χ4n) is 2.31. The van der Waals surface area contributed by atoms with E-state index >= 15 is 0 Å². The van der Waals surface area contributed by atoms with Crippen molar-refractivity contribution in [3.05, 3.63) is 53.9 Å². The first-order valence-corrected chi connectivity index (χ1v) is 12.6. The monoisotopic (exact) mass is 400 g/mol. The SMILES string of the molecule is CC(C)(C)[Si](C)(C)OCCNC(=O)c1ccnc(NCCc2ccccc2)n1. The molecule has 1 amide bonds. The highest BCUT2D eigenvalue weighted by molar-refractivity contribution is 6.74. The summed E-state index contributed by atoms with van der Waals surface area (Å²) in [6, 6.07) is 11.8. The summed E-state index contributed by atoms with van der Waals surface area (Å²) >= 11 is 0. The van der Waals surface area contributed by atoms with Gasteiger partial charge < -0.3 is 15.1 Å². The number of carbonyl (C=O) groups is 1. The van der Waals surface area contributed by atoms with Gasteiger partial charge in [0.2, 0.25) is 5.95 Å². The van der Waals surface area contributed by atoms with E-state index in [1.807, 2.05) is 18.2 Å². The van der Waals surface area contributed by atoms with Crippen LogP contribution in [0.5, 0.6) is 0 Å². The summed E-state index contributed by atoms with van der Waals surface area (Å²) in [7, 11) is -1.80. The summed E-state index contributed by atoms with van der Waals surface area (Å²) in [4.78, 5) is 20.8. The number of aromatic nitrogens is 2. The first kappa shape index (κ1) is 22.0. The van der Waals surface area contributed by atoms with Gasteiger partial charge in [0, 0.05) is 19.3 Å². The maximum atomic E-state index is 12.3. The van der Waals surface area contributed by atoms with E-state index in [1.54, 1.807) is 12.3 Å². The summed E-state index contributed by atoms with van der Waals surface area (Å²) in [5, 5.41) is 6.20. The molecular weight excluding hydrogens is 368 g/mol. The zero-order valence-electron chi connectivity index (χ0n) is 17.6. The Morgan fingerprint density at radius 3 is 2.50 bits per heavy atom. The van der Waals surface area contributed by atoms with Crippen LogP contribution in [0.15, 0.2) is 42.6 Å². The van der Waals surface area contributed by atoms with Gasteiger partial charge in [0.15, 0.2) is 8.32 Å². The Morgan fingerprint density at radius 2 is 1.82 bits per heavy atom.